The first kappa shape index (κ1) is 27.5. The summed E-state index contributed by atoms with van der Waals surface area (Å²) in [7, 11) is 2.13. The Kier molecular flexibility index (Phi) is 9.49. The first-order valence-electron chi connectivity index (χ1n) is 13.7. The summed E-state index contributed by atoms with van der Waals surface area (Å²) in [5, 5.41) is 0. The van der Waals surface area contributed by atoms with Crippen LogP contribution in [-0.2, 0) is 20.7 Å². The fraction of sp³-hybridized carbons (Fsp3) is 0.586. The Hall–Kier alpha value is -2.58. The van der Waals surface area contributed by atoms with Gasteiger partial charge in [-0.1, -0.05) is 63.8 Å². The summed E-state index contributed by atoms with van der Waals surface area (Å²) < 4.78 is 21.2. The second kappa shape index (κ2) is 12.8. The molecule has 0 saturated heterocycles. The van der Waals surface area contributed by atoms with E-state index in [9.17, 15) is 9.59 Å². The van der Waals surface area contributed by atoms with Crippen molar-refractivity contribution in [2.75, 3.05) is 26.9 Å². The standard InChI is InChI=1S/C29H40N3O4S/c1-4-6-7-8-12-21-17-24(21)29-28(30-37-31-29)23-14-11-16-32(3,19-23)20-35-27(34)18-22-13-9-10-15-25(22)36-26(33)5-2/h9-10,13-15,21,24H,4-8,11-12,16-20H2,1-3H3/q+1. The molecule has 37 heavy (non-hydrogen) atoms. The maximum atomic E-state index is 12.7. The van der Waals surface area contributed by atoms with E-state index in [0.29, 0.717) is 28.4 Å². The molecule has 0 amide bonds. The number of ether oxygens (including phenoxy) is 2. The Balaban J connectivity index is 1.31. The zero-order valence-electron chi connectivity index (χ0n) is 22.4. The van der Waals surface area contributed by atoms with Crippen molar-refractivity contribution in [3.63, 3.8) is 0 Å². The Morgan fingerprint density at radius 1 is 1.11 bits per heavy atom. The summed E-state index contributed by atoms with van der Waals surface area (Å²) in [6, 6.07) is 7.12. The zero-order chi connectivity index (χ0) is 26.3. The van der Waals surface area contributed by atoms with Crippen molar-refractivity contribution in [1.82, 2.24) is 8.75 Å². The van der Waals surface area contributed by atoms with Crippen molar-refractivity contribution in [1.29, 1.82) is 0 Å². The molecule has 4 rings (SSSR count). The number of para-hydroxylation sites is 1. The van der Waals surface area contributed by atoms with Gasteiger partial charge < -0.3 is 9.47 Å². The molecule has 2 aromatic rings. The normalized spacial score (nSPS) is 22.8. The lowest BCUT2D eigenvalue weighted by atomic mass is 10.0. The summed E-state index contributed by atoms with van der Waals surface area (Å²) in [4.78, 5) is 24.4. The van der Waals surface area contributed by atoms with Crippen LogP contribution in [0.2, 0.25) is 0 Å². The van der Waals surface area contributed by atoms with E-state index in [4.69, 9.17) is 18.2 Å². The third kappa shape index (κ3) is 7.48. The molecule has 1 fully saturated rings. The van der Waals surface area contributed by atoms with Crippen molar-refractivity contribution < 1.29 is 23.5 Å². The van der Waals surface area contributed by atoms with Gasteiger partial charge >= 0.3 is 11.9 Å². The highest BCUT2D eigenvalue weighted by Crippen LogP contribution is 2.51. The molecule has 3 unspecified atom stereocenters. The fourth-order valence-corrected chi connectivity index (χ4v) is 5.81. The third-order valence-corrected chi connectivity index (χ3v) is 8.03. The number of carbonyl (C=O) groups excluding carboxylic acids is 2. The third-order valence-electron chi connectivity index (χ3n) is 7.49. The molecule has 3 atom stereocenters. The average molecular weight is 527 g/mol. The average Bonchev–Trinajstić information content (AvgIpc) is 3.49. The van der Waals surface area contributed by atoms with E-state index in [-0.39, 0.29) is 24.8 Å². The Labute approximate surface area is 224 Å². The summed E-state index contributed by atoms with van der Waals surface area (Å²) in [5.41, 5.74) is 4.12. The SMILES string of the molecule is CCCCCCC1CC1c1nsnc1C1=CCC[N+](C)(COC(=O)Cc2ccccc2OC(=O)CC)C1. The fourth-order valence-electron chi connectivity index (χ4n) is 5.16. The molecule has 0 N–H and O–H groups in total. The van der Waals surface area contributed by atoms with E-state index >= 15 is 0 Å². The first-order chi connectivity index (χ1) is 17.9. The lowest BCUT2D eigenvalue weighted by molar-refractivity contribution is -0.919. The number of rotatable bonds is 13. The van der Waals surface area contributed by atoms with Gasteiger partial charge in [0.1, 0.15) is 18.0 Å². The smallest absolute Gasteiger partial charge is 0.314 e. The number of quaternary nitrogens is 1. The van der Waals surface area contributed by atoms with Crippen molar-refractivity contribution in [2.45, 2.75) is 77.6 Å². The molecule has 200 valence electrons. The van der Waals surface area contributed by atoms with Crippen LogP contribution < -0.4 is 4.74 Å². The second-order valence-corrected chi connectivity index (χ2v) is 11.3. The molecule has 0 spiro atoms. The quantitative estimate of drug-likeness (QED) is 0.140. The highest BCUT2D eigenvalue weighted by atomic mass is 32.1. The number of unbranched alkanes of at least 4 members (excludes halogenated alkanes) is 3. The van der Waals surface area contributed by atoms with Crippen LogP contribution in [0.5, 0.6) is 5.75 Å². The van der Waals surface area contributed by atoms with Crippen LogP contribution in [0.25, 0.3) is 5.57 Å². The summed E-state index contributed by atoms with van der Waals surface area (Å²) in [6.45, 7) is 5.96. The van der Waals surface area contributed by atoms with Gasteiger partial charge in [-0.05, 0) is 24.8 Å². The highest BCUT2D eigenvalue weighted by Gasteiger charge is 2.42. The number of esters is 2. The van der Waals surface area contributed by atoms with Gasteiger partial charge in [-0.3, -0.25) is 14.1 Å². The molecule has 0 radical (unpaired) electrons. The molecule has 2 aliphatic rings. The van der Waals surface area contributed by atoms with E-state index in [1.54, 1.807) is 25.1 Å². The van der Waals surface area contributed by atoms with Gasteiger partial charge in [0.25, 0.3) is 0 Å². The molecular weight excluding hydrogens is 486 g/mol. The van der Waals surface area contributed by atoms with Crippen molar-refractivity contribution in [3.8, 4) is 5.75 Å². The molecule has 7 nitrogen and oxygen atoms in total. The van der Waals surface area contributed by atoms with E-state index in [1.807, 2.05) is 6.07 Å². The Morgan fingerprint density at radius 3 is 2.76 bits per heavy atom. The number of benzene rings is 1. The van der Waals surface area contributed by atoms with Gasteiger partial charge in [0.2, 0.25) is 6.73 Å². The molecule has 0 bridgehead atoms. The summed E-state index contributed by atoms with van der Waals surface area (Å²) in [6.07, 6.45) is 11.3. The van der Waals surface area contributed by atoms with E-state index < -0.39 is 0 Å². The first-order valence-corrected chi connectivity index (χ1v) is 14.4. The molecule has 1 aromatic carbocycles. The van der Waals surface area contributed by atoms with Gasteiger partial charge in [0, 0.05) is 29.9 Å². The van der Waals surface area contributed by atoms with E-state index in [2.05, 4.69) is 20.0 Å². The van der Waals surface area contributed by atoms with Crippen LogP contribution in [0, 0.1) is 5.92 Å². The molecule has 2 heterocycles. The minimum Gasteiger partial charge on any atom is -0.426 e. The van der Waals surface area contributed by atoms with Gasteiger partial charge in [-0.2, -0.15) is 8.75 Å². The van der Waals surface area contributed by atoms with Crippen LogP contribution in [0.1, 0.15) is 88.1 Å². The summed E-state index contributed by atoms with van der Waals surface area (Å²) in [5.74, 6) is 1.08. The number of likely N-dealkylation sites (N-methyl/N-ethyl adjacent to an activating group) is 1. The van der Waals surface area contributed by atoms with Crippen LogP contribution in [0.4, 0.5) is 0 Å². The van der Waals surface area contributed by atoms with Gasteiger partial charge in [-0.25, -0.2) is 0 Å². The molecule has 1 aromatic heterocycles. The number of hydrogen-bond acceptors (Lipinski definition) is 7. The zero-order valence-corrected chi connectivity index (χ0v) is 23.2. The minimum absolute atomic E-state index is 0.0668. The highest BCUT2D eigenvalue weighted by molar-refractivity contribution is 6.99. The van der Waals surface area contributed by atoms with Gasteiger partial charge in [-0.15, -0.1) is 0 Å². The van der Waals surface area contributed by atoms with Crippen LogP contribution in [0.3, 0.4) is 0 Å². The molecule has 8 heteroatoms. The van der Waals surface area contributed by atoms with Crippen molar-refractivity contribution in [2.24, 2.45) is 5.92 Å². The predicted octanol–water partition coefficient (Wildman–Crippen LogP) is 5.90. The maximum Gasteiger partial charge on any atom is 0.314 e. The number of nitrogens with zero attached hydrogens (tertiary/aromatic N) is 3. The maximum absolute atomic E-state index is 12.7. The van der Waals surface area contributed by atoms with Gasteiger partial charge in [0.05, 0.1) is 37.4 Å². The Bertz CT molecular complexity index is 1110. The van der Waals surface area contributed by atoms with Crippen molar-refractivity contribution >= 4 is 29.2 Å². The predicted molar refractivity (Wildman–Crippen MR) is 145 cm³/mol. The molecular formula is C29H40N3O4S+. The van der Waals surface area contributed by atoms with Crippen molar-refractivity contribution in [3.05, 3.63) is 47.3 Å². The lowest BCUT2D eigenvalue weighted by Crippen LogP contribution is -2.49. The molecule has 1 aliphatic carbocycles. The monoisotopic (exact) mass is 526 g/mol. The largest absolute Gasteiger partial charge is 0.426 e. The topological polar surface area (TPSA) is 78.4 Å². The molecule has 1 saturated carbocycles. The number of aromatic nitrogens is 2. The Morgan fingerprint density at radius 2 is 1.95 bits per heavy atom. The van der Waals surface area contributed by atoms with Gasteiger partial charge in [0.15, 0.2) is 0 Å². The number of hydrogen-bond donors (Lipinski definition) is 0. The second-order valence-electron chi connectivity index (χ2n) is 10.7. The van der Waals surface area contributed by atoms with E-state index in [1.165, 1.54) is 61.5 Å². The molecule has 1 aliphatic heterocycles. The van der Waals surface area contributed by atoms with Crippen LogP contribution >= 0.6 is 11.7 Å². The minimum atomic E-state index is -0.324. The lowest BCUT2D eigenvalue weighted by Gasteiger charge is -2.36. The number of carbonyl (C=O) groups is 2. The summed E-state index contributed by atoms with van der Waals surface area (Å²) >= 11 is 1.32. The van der Waals surface area contributed by atoms with E-state index in [0.717, 1.165) is 31.1 Å². The van der Waals surface area contributed by atoms with Crippen LogP contribution in [0.15, 0.2) is 30.3 Å². The van der Waals surface area contributed by atoms with Crippen LogP contribution in [-0.4, -0.2) is 52.0 Å².